The van der Waals surface area contributed by atoms with Crippen LogP contribution in [0.15, 0.2) is 61.1 Å². The van der Waals surface area contributed by atoms with Crippen LogP contribution in [0.25, 0.3) is 16.9 Å². The highest BCUT2D eigenvalue weighted by atomic mass is 16.5. The molecule has 0 amide bonds. The number of pyridine rings is 1. The topological polar surface area (TPSA) is 103 Å². The minimum atomic E-state index is 0.432. The van der Waals surface area contributed by atoms with E-state index in [1.165, 1.54) is 12.8 Å². The summed E-state index contributed by atoms with van der Waals surface area (Å²) in [6.45, 7) is 4.85. The van der Waals surface area contributed by atoms with Crippen LogP contribution in [0.2, 0.25) is 0 Å². The van der Waals surface area contributed by atoms with Gasteiger partial charge in [-0.1, -0.05) is 23.9 Å². The maximum atomic E-state index is 5.09. The molecule has 1 aliphatic carbocycles. The number of rotatable bonds is 8. The van der Waals surface area contributed by atoms with E-state index in [4.69, 9.17) is 4.74 Å². The van der Waals surface area contributed by atoms with Crippen molar-refractivity contribution >= 4 is 22.8 Å². The fourth-order valence-corrected chi connectivity index (χ4v) is 3.26. The van der Waals surface area contributed by atoms with Crippen LogP contribution < -0.4 is 15.4 Å². The van der Waals surface area contributed by atoms with Crippen LogP contribution in [0.5, 0.6) is 5.88 Å². The van der Waals surface area contributed by atoms with Crippen molar-refractivity contribution in [1.29, 1.82) is 0 Å². The summed E-state index contributed by atoms with van der Waals surface area (Å²) in [6.07, 6.45) is 5.78. The lowest BCUT2D eigenvalue weighted by atomic mass is 10.2. The molecule has 2 N–H and O–H groups in total. The van der Waals surface area contributed by atoms with Gasteiger partial charge in [0.25, 0.3) is 0 Å². The van der Waals surface area contributed by atoms with E-state index in [9.17, 15) is 0 Å². The van der Waals surface area contributed by atoms with Crippen molar-refractivity contribution in [2.24, 2.45) is 5.92 Å². The first-order valence-corrected chi connectivity index (χ1v) is 10.1. The number of ether oxygens (including phenoxy) is 1. The van der Waals surface area contributed by atoms with E-state index in [1.807, 2.05) is 18.2 Å². The molecular weight excluding hydrogens is 392 g/mol. The van der Waals surface area contributed by atoms with Gasteiger partial charge in [0.2, 0.25) is 11.8 Å². The lowest BCUT2D eigenvalue weighted by molar-refractivity contribution is 0.398. The molecule has 9 nitrogen and oxygen atoms in total. The summed E-state index contributed by atoms with van der Waals surface area (Å²) >= 11 is 0. The van der Waals surface area contributed by atoms with E-state index in [2.05, 4.69) is 54.6 Å². The van der Waals surface area contributed by atoms with E-state index in [0.717, 1.165) is 29.2 Å². The molecule has 1 aromatic carbocycles. The molecule has 31 heavy (non-hydrogen) atoms. The third kappa shape index (κ3) is 4.16. The first-order chi connectivity index (χ1) is 15.2. The van der Waals surface area contributed by atoms with E-state index in [0.29, 0.717) is 28.9 Å². The van der Waals surface area contributed by atoms with Crippen molar-refractivity contribution in [2.45, 2.75) is 19.4 Å². The number of aromatic nitrogens is 6. The van der Waals surface area contributed by atoms with Gasteiger partial charge >= 0.3 is 0 Å². The number of benzene rings is 1. The number of nitrogens with one attached hydrogen (secondary N) is 2. The van der Waals surface area contributed by atoms with Gasteiger partial charge in [-0.3, -0.25) is 0 Å². The summed E-state index contributed by atoms with van der Waals surface area (Å²) < 4.78 is 6.80. The Bertz CT molecular complexity index is 1230. The number of methoxy groups -OCH3 is 1. The molecule has 9 heteroatoms. The van der Waals surface area contributed by atoms with E-state index in [1.54, 1.807) is 30.3 Å². The van der Waals surface area contributed by atoms with E-state index >= 15 is 0 Å². The molecule has 4 aromatic rings. The molecule has 3 aromatic heterocycles. The molecule has 1 saturated carbocycles. The van der Waals surface area contributed by atoms with Crippen molar-refractivity contribution in [3.63, 3.8) is 0 Å². The number of allylic oxidation sites excluding steroid dienone is 1. The fraction of sp³-hybridized carbons (Fsp3) is 0.227. The summed E-state index contributed by atoms with van der Waals surface area (Å²) in [5, 5.41) is 15.1. The Hall–Kier alpha value is -4.01. The number of hydrogen-bond donors (Lipinski definition) is 2. The van der Waals surface area contributed by atoms with E-state index in [-0.39, 0.29) is 0 Å². The Morgan fingerprint density at radius 2 is 2.10 bits per heavy atom. The number of anilines is 2. The molecule has 0 aliphatic heterocycles. The minimum absolute atomic E-state index is 0.432. The van der Waals surface area contributed by atoms with Gasteiger partial charge in [0.1, 0.15) is 0 Å². The predicted molar refractivity (Wildman–Crippen MR) is 117 cm³/mol. The molecule has 0 radical (unpaired) electrons. The maximum Gasteiger partial charge on any atom is 0.229 e. The second kappa shape index (κ2) is 8.02. The Morgan fingerprint density at radius 1 is 1.19 bits per heavy atom. The number of fused-ring (bicyclic) bond motifs is 1. The monoisotopic (exact) mass is 414 g/mol. The quantitative estimate of drug-likeness (QED) is 0.452. The molecule has 156 valence electrons. The molecule has 0 unspecified atom stereocenters. The van der Waals surface area contributed by atoms with Crippen molar-refractivity contribution in [1.82, 2.24) is 35.3 Å². The van der Waals surface area contributed by atoms with Crippen molar-refractivity contribution in [2.75, 3.05) is 12.4 Å². The van der Waals surface area contributed by atoms with Crippen LogP contribution in [0.3, 0.4) is 0 Å². The lowest BCUT2D eigenvalue weighted by Gasteiger charge is -2.10. The highest BCUT2D eigenvalue weighted by Gasteiger charge is 2.24. The van der Waals surface area contributed by atoms with Crippen LogP contribution >= 0.6 is 0 Å². The van der Waals surface area contributed by atoms with Crippen LogP contribution in [-0.2, 0) is 6.54 Å². The summed E-state index contributed by atoms with van der Waals surface area (Å²) in [5.41, 5.74) is 5.13. The van der Waals surface area contributed by atoms with Gasteiger partial charge in [-0.05, 0) is 42.5 Å². The highest BCUT2D eigenvalue weighted by Crippen LogP contribution is 2.34. The van der Waals surface area contributed by atoms with Crippen molar-refractivity contribution < 1.29 is 4.74 Å². The van der Waals surface area contributed by atoms with E-state index < -0.39 is 0 Å². The van der Waals surface area contributed by atoms with Gasteiger partial charge < -0.3 is 15.4 Å². The maximum absolute atomic E-state index is 5.09. The molecule has 3 heterocycles. The van der Waals surface area contributed by atoms with Gasteiger partial charge in [0.15, 0.2) is 11.2 Å². The first-order valence-electron chi connectivity index (χ1n) is 10.1. The second-order valence-corrected chi connectivity index (χ2v) is 7.44. The molecule has 5 rings (SSSR count). The predicted octanol–water partition coefficient (Wildman–Crippen LogP) is 3.37. The van der Waals surface area contributed by atoms with Gasteiger partial charge in [0, 0.05) is 18.3 Å². The third-order valence-electron chi connectivity index (χ3n) is 5.14. The number of nitrogens with zero attached hydrogens (tertiary/aromatic N) is 6. The highest BCUT2D eigenvalue weighted by molar-refractivity contribution is 5.72. The molecule has 0 atom stereocenters. The van der Waals surface area contributed by atoms with Gasteiger partial charge in [-0.15, -0.1) is 5.10 Å². The van der Waals surface area contributed by atoms with Gasteiger partial charge in [-0.2, -0.15) is 9.67 Å². The van der Waals surface area contributed by atoms with Gasteiger partial charge in [0.05, 0.1) is 30.9 Å². The van der Waals surface area contributed by atoms with Crippen LogP contribution in [-0.4, -0.2) is 37.1 Å². The standard InChI is InChI=1S/C22H22N8O/c1-14(16-6-7-16)23-11-15-4-3-5-18(10-15)30-21-19(28-29-30)13-25-22(27-21)26-17-8-9-20(31-2)24-12-17/h3-5,8-10,12-13,16,23H,1,6-7,11H2,2H3,(H,25,26,27). The summed E-state index contributed by atoms with van der Waals surface area (Å²) in [5.74, 6) is 1.60. The summed E-state index contributed by atoms with van der Waals surface area (Å²) in [4.78, 5) is 13.1. The lowest BCUT2D eigenvalue weighted by Crippen LogP contribution is -2.13. The molecule has 0 saturated heterocycles. The molecule has 0 bridgehead atoms. The van der Waals surface area contributed by atoms with Crippen LogP contribution in [0.1, 0.15) is 18.4 Å². The van der Waals surface area contributed by atoms with Crippen LogP contribution in [0.4, 0.5) is 11.6 Å². The fourth-order valence-electron chi connectivity index (χ4n) is 3.26. The average Bonchev–Trinajstić information content (AvgIpc) is 3.58. The zero-order valence-corrected chi connectivity index (χ0v) is 17.1. The smallest absolute Gasteiger partial charge is 0.229 e. The average molecular weight is 414 g/mol. The molecule has 0 spiro atoms. The Labute approximate surface area is 179 Å². The SMILES string of the molecule is C=C(NCc1cccc(-n2nnc3cnc(Nc4ccc(OC)nc4)nc32)c1)C1CC1. The number of hydrogen-bond acceptors (Lipinski definition) is 8. The normalized spacial score (nSPS) is 13.2. The second-order valence-electron chi connectivity index (χ2n) is 7.44. The van der Waals surface area contributed by atoms with Crippen molar-refractivity contribution in [3.05, 3.63) is 66.6 Å². The zero-order valence-electron chi connectivity index (χ0n) is 17.1. The molecule has 1 fully saturated rings. The molecule has 1 aliphatic rings. The van der Waals surface area contributed by atoms with Gasteiger partial charge in [-0.25, -0.2) is 9.97 Å². The third-order valence-corrected chi connectivity index (χ3v) is 5.14. The Balaban J connectivity index is 1.38. The summed E-state index contributed by atoms with van der Waals surface area (Å²) in [6, 6.07) is 11.8. The molecular formula is C22H22N8O. The summed E-state index contributed by atoms with van der Waals surface area (Å²) in [7, 11) is 1.58. The Morgan fingerprint density at radius 3 is 2.87 bits per heavy atom. The largest absolute Gasteiger partial charge is 0.481 e. The minimum Gasteiger partial charge on any atom is -0.481 e. The van der Waals surface area contributed by atoms with Crippen LogP contribution in [0, 0.1) is 5.92 Å². The first kappa shape index (κ1) is 19.0. The van der Waals surface area contributed by atoms with Crippen molar-refractivity contribution in [3.8, 4) is 11.6 Å². The Kier molecular flexibility index (Phi) is 4.91. The zero-order chi connectivity index (χ0) is 21.2.